The molecule has 0 radical (unpaired) electrons. The van der Waals surface area contributed by atoms with Crippen LogP contribution in [0.3, 0.4) is 0 Å². The SMILES string of the molecule is CC1CCC(C(C)C)C(OC(=O)C2CNC2)C1. The van der Waals surface area contributed by atoms with Crippen LogP contribution in [0.25, 0.3) is 0 Å². The normalized spacial score (nSPS) is 34.5. The monoisotopic (exact) mass is 239 g/mol. The van der Waals surface area contributed by atoms with E-state index in [2.05, 4.69) is 26.1 Å². The molecule has 1 aliphatic heterocycles. The molecule has 3 heteroatoms. The van der Waals surface area contributed by atoms with Gasteiger partial charge in [0.15, 0.2) is 0 Å². The average Bonchev–Trinajstić information content (AvgIpc) is 2.13. The van der Waals surface area contributed by atoms with Crippen molar-refractivity contribution in [1.82, 2.24) is 5.32 Å². The van der Waals surface area contributed by atoms with Crippen LogP contribution < -0.4 is 5.32 Å². The zero-order valence-corrected chi connectivity index (χ0v) is 11.2. The molecule has 0 aromatic rings. The molecule has 3 unspecified atom stereocenters. The highest BCUT2D eigenvalue weighted by atomic mass is 16.5. The van der Waals surface area contributed by atoms with E-state index < -0.39 is 0 Å². The highest BCUT2D eigenvalue weighted by molar-refractivity contribution is 5.74. The molecule has 98 valence electrons. The van der Waals surface area contributed by atoms with E-state index in [0.717, 1.165) is 19.5 Å². The van der Waals surface area contributed by atoms with Gasteiger partial charge in [-0.25, -0.2) is 0 Å². The van der Waals surface area contributed by atoms with Crippen LogP contribution in [0.1, 0.15) is 40.0 Å². The van der Waals surface area contributed by atoms with Crippen molar-refractivity contribution in [2.24, 2.45) is 23.7 Å². The smallest absolute Gasteiger partial charge is 0.311 e. The van der Waals surface area contributed by atoms with Gasteiger partial charge in [-0.1, -0.05) is 27.2 Å². The molecule has 1 saturated heterocycles. The summed E-state index contributed by atoms with van der Waals surface area (Å²) in [6.45, 7) is 8.35. The Morgan fingerprint density at radius 2 is 2.00 bits per heavy atom. The van der Waals surface area contributed by atoms with Gasteiger partial charge < -0.3 is 10.1 Å². The molecule has 0 aromatic heterocycles. The van der Waals surface area contributed by atoms with Crippen molar-refractivity contribution in [3.63, 3.8) is 0 Å². The number of esters is 1. The zero-order valence-electron chi connectivity index (χ0n) is 11.2. The van der Waals surface area contributed by atoms with Crippen molar-refractivity contribution in [2.45, 2.75) is 46.1 Å². The van der Waals surface area contributed by atoms with Crippen molar-refractivity contribution in [2.75, 3.05) is 13.1 Å². The second-order valence-corrected chi connectivity index (χ2v) is 6.16. The number of carbonyl (C=O) groups excluding carboxylic acids is 1. The quantitative estimate of drug-likeness (QED) is 0.767. The Morgan fingerprint density at radius 1 is 1.29 bits per heavy atom. The third kappa shape index (κ3) is 3.01. The Balaban J connectivity index is 1.92. The minimum Gasteiger partial charge on any atom is -0.462 e. The van der Waals surface area contributed by atoms with Crippen LogP contribution in [0.2, 0.25) is 0 Å². The van der Waals surface area contributed by atoms with E-state index in [0.29, 0.717) is 17.8 Å². The van der Waals surface area contributed by atoms with E-state index in [9.17, 15) is 4.79 Å². The second kappa shape index (κ2) is 5.38. The molecule has 2 fully saturated rings. The number of hydrogen-bond acceptors (Lipinski definition) is 3. The summed E-state index contributed by atoms with van der Waals surface area (Å²) < 4.78 is 5.76. The van der Waals surface area contributed by atoms with Crippen LogP contribution in [0.4, 0.5) is 0 Å². The summed E-state index contributed by atoms with van der Waals surface area (Å²) in [6.07, 6.45) is 3.70. The molecule has 1 heterocycles. The van der Waals surface area contributed by atoms with Crippen molar-refractivity contribution in [3.05, 3.63) is 0 Å². The summed E-state index contributed by atoms with van der Waals surface area (Å²) in [5.74, 6) is 2.00. The third-order valence-corrected chi connectivity index (χ3v) is 4.34. The lowest BCUT2D eigenvalue weighted by molar-refractivity contribution is -0.162. The van der Waals surface area contributed by atoms with Gasteiger partial charge in [0.05, 0.1) is 5.92 Å². The van der Waals surface area contributed by atoms with Crippen molar-refractivity contribution in [1.29, 1.82) is 0 Å². The predicted molar refractivity (Wildman–Crippen MR) is 67.6 cm³/mol. The van der Waals surface area contributed by atoms with Gasteiger partial charge in [-0.05, 0) is 30.6 Å². The molecule has 3 atom stereocenters. The number of nitrogens with one attached hydrogen (secondary N) is 1. The molecular formula is C14H25NO2. The van der Waals surface area contributed by atoms with E-state index in [-0.39, 0.29) is 18.0 Å². The minimum atomic E-state index is 0.0218. The van der Waals surface area contributed by atoms with Crippen LogP contribution in [0.15, 0.2) is 0 Å². The van der Waals surface area contributed by atoms with Gasteiger partial charge in [-0.2, -0.15) is 0 Å². The van der Waals surface area contributed by atoms with Crippen LogP contribution in [-0.4, -0.2) is 25.2 Å². The Bertz CT molecular complexity index is 273. The van der Waals surface area contributed by atoms with Gasteiger partial charge in [0.2, 0.25) is 0 Å². The maximum absolute atomic E-state index is 11.9. The van der Waals surface area contributed by atoms with Gasteiger partial charge in [0.1, 0.15) is 6.10 Å². The molecule has 1 aliphatic carbocycles. The lowest BCUT2D eigenvalue weighted by atomic mass is 9.75. The van der Waals surface area contributed by atoms with E-state index in [4.69, 9.17) is 4.74 Å². The first-order valence-corrected chi connectivity index (χ1v) is 6.99. The highest BCUT2D eigenvalue weighted by Gasteiger charge is 2.36. The summed E-state index contributed by atoms with van der Waals surface area (Å²) in [4.78, 5) is 11.9. The third-order valence-electron chi connectivity index (χ3n) is 4.34. The fourth-order valence-corrected chi connectivity index (χ4v) is 2.95. The number of hydrogen-bond donors (Lipinski definition) is 1. The maximum Gasteiger partial charge on any atom is 0.311 e. The lowest BCUT2D eigenvalue weighted by Gasteiger charge is -2.38. The Kier molecular flexibility index (Phi) is 4.08. The van der Waals surface area contributed by atoms with Crippen LogP contribution in [-0.2, 0) is 9.53 Å². The van der Waals surface area contributed by atoms with E-state index in [1.54, 1.807) is 0 Å². The standard InChI is InChI=1S/C14H25NO2/c1-9(2)12-5-4-10(3)6-13(12)17-14(16)11-7-15-8-11/h9-13,15H,4-8H2,1-3H3. The minimum absolute atomic E-state index is 0.0218. The molecule has 3 nitrogen and oxygen atoms in total. The van der Waals surface area contributed by atoms with Gasteiger partial charge in [-0.3, -0.25) is 4.79 Å². The summed E-state index contributed by atoms with van der Waals surface area (Å²) >= 11 is 0. The summed E-state index contributed by atoms with van der Waals surface area (Å²) in [6, 6.07) is 0. The molecule has 1 N–H and O–H groups in total. The molecule has 0 bridgehead atoms. The first kappa shape index (κ1) is 12.9. The fraction of sp³-hybridized carbons (Fsp3) is 0.929. The van der Waals surface area contributed by atoms with Crippen LogP contribution in [0, 0.1) is 23.7 Å². The van der Waals surface area contributed by atoms with Crippen molar-refractivity contribution >= 4 is 5.97 Å². The molecule has 0 aromatic carbocycles. The molecule has 2 aliphatic rings. The van der Waals surface area contributed by atoms with E-state index in [1.165, 1.54) is 12.8 Å². The first-order chi connectivity index (χ1) is 8.08. The van der Waals surface area contributed by atoms with E-state index >= 15 is 0 Å². The predicted octanol–water partition coefficient (Wildman–Crippen LogP) is 2.21. The number of carbonyl (C=O) groups is 1. The highest BCUT2D eigenvalue weighted by Crippen LogP contribution is 2.35. The Morgan fingerprint density at radius 3 is 2.53 bits per heavy atom. The Hall–Kier alpha value is -0.570. The number of rotatable bonds is 3. The maximum atomic E-state index is 11.9. The second-order valence-electron chi connectivity index (χ2n) is 6.16. The van der Waals surface area contributed by atoms with Gasteiger partial charge in [0, 0.05) is 13.1 Å². The molecule has 0 amide bonds. The summed E-state index contributed by atoms with van der Waals surface area (Å²) in [7, 11) is 0. The van der Waals surface area contributed by atoms with Crippen LogP contribution in [0.5, 0.6) is 0 Å². The fourth-order valence-electron chi connectivity index (χ4n) is 2.95. The van der Waals surface area contributed by atoms with Gasteiger partial charge in [-0.15, -0.1) is 0 Å². The summed E-state index contributed by atoms with van der Waals surface area (Å²) in [5, 5.41) is 3.12. The molecule has 17 heavy (non-hydrogen) atoms. The van der Waals surface area contributed by atoms with Crippen LogP contribution >= 0.6 is 0 Å². The largest absolute Gasteiger partial charge is 0.462 e. The number of ether oxygens (including phenoxy) is 1. The Labute approximate surface area is 104 Å². The molecule has 0 spiro atoms. The molecule has 1 saturated carbocycles. The summed E-state index contributed by atoms with van der Waals surface area (Å²) in [5.41, 5.74) is 0. The van der Waals surface area contributed by atoms with Gasteiger partial charge in [0.25, 0.3) is 0 Å². The van der Waals surface area contributed by atoms with Gasteiger partial charge >= 0.3 is 5.97 Å². The first-order valence-electron chi connectivity index (χ1n) is 6.99. The zero-order chi connectivity index (χ0) is 12.4. The topological polar surface area (TPSA) is 38.3 Å². The average molecular weight is 239 g/mol. The lowest BCUT2D eigenvalue weighted by Crippen LogP contribution is -2.49. The molecule has 2 rings (SSSR count). The van der Waals surface area contributed by atoms with E-state index in [1.807, 2.05) is 0 Å². The van der Waals surface area contributed by atoms with Crippen molar-refractivity contribution in [3.8, 4) is 0 Å². The van der Waals surface area contributed by atoms with Crippen molar-refractivity contribution < 1.29 is 9.53 Å². The molecular weight excluding hydrogens is 214 g/mol.